The topological polar surface area (TPSA) is 92.2 Å². The number of carbonyl (C=O) groups excluding carboxylic acids is 1. The number of piperidine rings is 1. The Hall–Kier alpha value is -2.59. The van der Waals surface area contributed by atoms with Crippen molar-refractivity contribution in [3.05, 3.63) is 29.8 Å². The molecular formula is C24H33N3O5SSi. The zero-order valence-electron chi connectivity index (χ0n) is 20.1. The maximum Gasteiger partial charge on any atom is 0.409 e. The van der Waals surface area contributed by atoms with E-state index in [4.69, 9.17) is 14.6 Å². The van der Waals surface area contributed by atoms with Crippen molar-refractivity contribution in [1.82, 2.24) is 14.8 Å². The maximum atomic E-state index is 12.3. The van der Waals surface area contributed by atoms with Crippen LogP contribution in [0.1, 0.15) is 24.8 Å². The molecule has 0 saturated carbocycles. The van der Waals surface area contributed by atoms with Crippen LogP contribution in [0.25, 0.3) is 15.8 Å². The van der Waals surface area contributed by atoms with Gasteiger partial charge in [-0.3, -0.25) is 0 Å². The van der Waals surface area contributed by atoms with Crippen LogP contribution >= 0.6 is 11.3 Å². The van der Waals surface area contributed by atoms with Gasteiger partial charge in [0.2, 0.25) is 0 Å². The molecule has 1 saturated heterocycles. The largest absolute Gasteiger partial charge is 0.467 e. The van der Waals surface area contributed by atoms with E-state index >= 15 is 0 Å². The highest BCUT2D eigenvalue weighted by molar-refractivity contribution is 7.20. The van der Waals surface area contributed by atoms with Gasteiger partial charge in [0, 0.05) is 47.1 Å². The third-order valence-corrected chi connectivity index (χ3v) is 8.88. The third kappa shape index (κ3) is 6.29. The minimum atomic E-state index is -1.21. The second-order valence-corrected chi connectivity index (χ2v) is 16.7. The summed E-state index contributed by atoms with van der Waals surface area (Å²) in [6.45, 7) is 9.52. The number of nitrogens with zero attached hydrogens (tertiary/aromatic N) is 3. The van der Waals surface area contributed by atoms with Crippen LogP contribution in [0.2, 0.25) is 25.7 Å². The summed E-state index contributed by atoms with van der Waals surface area (Å²) in [5.41, 5.74) is 3.17. The lowest BCUT2D eigenvalue weighted by Gasteiger charge is -2.31. The van der Waals surface area contributed by atoms with E-state index in [-0.39, 0.29) is 12.2 Å². The molecule has 0 spiro atoms. The van der Waals surface area contributed by atoms with E-state index in [0.717, 1.165) is 34.7 Å². The summed E-state index contributed by atoms with van der Waals surface area (Å²) in [7, 11) is -1.21. The van der Waals surface area contributed by atoms with Gasteiger partial charge < -0.3 is 24.4 Å². The number of thiazole rings is 1. The number of carboxylic acid groups (broad SMARTS) is 1. The van der Waals surface area contributed by atoms with Crippen LogP contribution in [0.3, 0.4) is 0 Å². The van der Waals surface area contributed by atoms with Crippen LogP contribution in [0, 0.1) is 0 Å². The molecule has 184 valence electrons. The van der Waals surface area contributed by atoms with E-state index in [1.54, 1.807) is 4.90 Å². The van der Waals surface area contributed by atoms with Crippen molar-refractivity contribution in [2.45, 2.75) is 51.1 Å². The summed E-state index contributed by atoms with van der Waals surface area (Å²) in [4.78, 5) is 31.3. The molecule has 0 aliphatic carbocycles. The predicted molar refractivity (Wildman–Crippen MR) is 137 cm³/mol. The van der Waals surface area contributed by atoms with Gasteiger partial charge in [-0.1, -0.05) is 43.1 Å². The fourth-order valence-electron chi connectivity index (χ4n) is 4.09. The molecule has 0 bridgehead atoms. The highest BCUT2D eigenvalue weighted by Crippen LogP contribution is 2.33. The first-order chi connectivity index (χ1) is 16.2. The van der Waals surface area contributed by atoms with Crippen molar-refractivity contribution in [2.75, 3.05) is 32.8 Å². The highest BCUT2D eigenvalue weighted by Gasteiger charge is 2.26. The van der Waals surface area contributed by atoms with Crippen molar-refractivity contribution >= 4 is 47.4 Å². The van der Waals surface area contributed by atoms with E-state index in [0.29, 0.717) is 44.4 Å². The SMILES string of the molecule is C[Si](C)(C)CCOC(=O)N1CCC(Oc2nc3ccc(C4=CCN(C(=O)O)CC4)cc3s2)CC1. The molecule has 2 aromatic rings. The van der Waals surface area contributed by atoms with E-state index < -0.39 is 14.2 Å². The molecule has 10 heteroatoms. The lowest BCUT2D eigenvalue weighted by Crippen LogP contribution is -2.42. The average molecular weight is 504 g/mol. The monoisotopic (exact) mass is 503 g/mol. The van der Waals surface area contributed by atoms with Crippen molar-refractivity contribution in [1.29, 1.82) is 0 Å². The average Bonchev–Trinajstić information content (AvgIpc) is 3.20. The van der Waals surface area contributed by atoms with Gasteiger partial charge in [-0.15, -0.1) is 0 Å². The van der Waals surface area contributed by atoms with Gasteiger partial charge in [0.05, 0.1) is 16.8 Å². The van der Waals surface area contributed by atoms with Crippen LogP contribution in [0.15, 0.2) is 24.3 Å². The van der Waals surface area contributed by atoms with Gasteiger partial charge >= 0.3 is 12.2 Å². The molecule has 34 heavy (non-hydrogen) atoms. The van der Waals surface area contributed by atoms with Gasteiger partial charge in [-0.25, -0.2) is 14.6 Å². The Morgan fingerprint density at radius 1 is 1.18 bits per heavy atom. The summed E-state index contributed by atoms with van der Waals surface area (Å²) >= 11 is 1.53. The first-order valence-corrected chi connectivity index (χ1v) is 16.4. The molecule has 1 N–H and O–H groups in total. The number of ether oxygens (including phenoxy) is 2. The van der Waals surface area contributed by atoms with Gasteiger partial charge in [-0.2, -0.15) is 0 Å². The number of hydrogen-bond donors (Lipinski definition) is 1. The molecule has 4 rings (SSSR count). The molecule has 1 aromatic heterocycles. The van der Waals surface area contributed by atoms with E-state index in [9.17, 15) is 9.59 Å². The first kappa shape index (κ1) is 24.5. The van der Waals surface area contributed by atoms with Crippen LogP contribution in [0.4, 0.5) is 9.59 Å². The third-order valence-electron chi connectivity index (χ3n) is 6.26. The number of carbonyl (C=O) groups is 2. The van der Waals surface area contributed by atoms with Crippen LogP contribution in [0.5, 0.6) is 5.19 Å². The zero-order valence-corrected chi connectivity index (χ0v) is 21.9. The van der Waals surface area contributed by atoms with Crippen LogP contribution in [-0.2, 0) is 4.74 Å². The number of fused-ring (bicyclic) bond motifs is 1. The number of benzene rings is 1. The summed E-state index contributed by atoms with van der Waals surface area (Å²) in [6.07, 6.45) is 3.16. The van der Waals surface area contributed by atoms with E-state index in [1.165, 1.54) is 21.8 Å². The molecule has 2 aliphatic rings. The van der Waals surface area contributed by atoms with Crippen molar-refractivity contribution in [3.63, 3.8) is 0 Å². The Morgan fingerprint density at radius 3 is 2.59 bits per heavy atom. The normalized spacial score (nSPS) is 17.6. The Morgan fingerprint density at radius 2 is 1.94 bits per heavy atom. The molecular weight excluding hydrogens is 470 g/mol. The number of aromatic nitrogens is 1. The van der Waals surface area contributed by atoms with Crippen molar-refractivity contribution < 1.29 is 24.2 Å². The fourth-order valence-corrected chi connectivity index (χ4v) is 5.73. The fraction of sp³-hybridized carbons (Fsp3) is 0.542. The number of hydrogen-bond acceptors (Lipinski definition) is 6. The molecule has 2 amide bonds. The van der Waals surface area contributed by atoms with Gasteiger partial charge in [-0.05, 0) is 35.7 Å². The minimum Gasteiger partial charge on any atom is -0.467 e. The minimum absolute atomic E-state index is 0.0362. The number of rotatable bonds is 6. The predicted octanol–water partition coefficient (Wildman–Crippen LogP) is 5.38. The van der Waals surface area contributed by atoms with Crippen molar-refractivity contribution in [3.8, 4) is 5.19 Å². The quantitative estimate of drug-likeness (QED) is 0.532. The molecule has 1 fully saturated rings. The molecule has 0 radical (unpaired) electrons. The van der Waals surface area contributed by atoms with Gasteiger partial charge in [0.25, 0.3) is 5.19 Å². The molecule has 2 aliphatic heterocycles. The lowest BCUT2D eigenvalue weighted by molar-refractivity contribution is 0.0702. The van der Waals surface area contributed by atoms with E-state index in [1.807, 2.05) is 18.2 Å². The zero-order chi connectivity index (χ0) is 24.3. The second kappa shape index (κ2) is 10.3. The lowest BCUT2D eigenvalue weighted by atomic mass is 9.99. The number of likely N-dealkylation sites (tertiary alicyclic amines) is 1. The molecule has 0 atom stereocenters. The summed E-state index contributed by atoms with van der Waals surface area (Å²) in [5, 5.41) is 9.78. The van der Waals surface area contributed by atoms with Gasteiger partial charge in [0.15, 0.2) is 0 Å². The first-order valence-electron chi connectivity index (χ1n) is 11.8. The van der Waals surface area contributed by atoms with Gasteiger partial charge in [0.1, 0.15) is 6.10 Å². The molecule has 1 aromatic carbocycles. The standard InChI is InChI=1S/C24H33N3O5SSi/c1-34(2,3)15-14-31-24(30)27-12-8-19(9-13-27)32-22-25-20-5-4-18(16-21(20)33-22)17-6-10-26(11-7-17)23(28)29/h4-6,16,19H,7-15H2,1-3H3,(H,28,29). The summed E-state index contributed by atoms with van der Waals surface area (Å²) in [5.74, 6) is 0. The second-order valence-electron chi connectivity index (χ2n) is 10.1. The van der Waals surface area contributed by atoms with Crippen LogP contribution < -0.4 is 4.74 Å². The summed E-state index contributed by atoms with van der Waals surface area (Å²) < 4.78 is 12.7. The van der Waals surface area contributed by atoms with Crippen LogP contribution in [-0.4, -0.2) is 79.0 Å². The Labute approximate surface area is 205 Å². The Bertz CT molecular complexity index is 1070. The van der Waals surface area contributed by atoms with E-state index in [2.05, 4.69) is 30.7 Å². The van der Waals surface area contributed by atoms with Crippen molar-refractivity contribution in [2.24, 2.45) is 0 Å². The molecule has 8 nitrogen and oxygen atoms in total. The summed E-state index contributed by atoms with van der Waals surface area (Å²) in [6, 6.07) is 7.13. The smallest absolute Gasteiger partial charge is 0.409 e. The Balaban J connectivity index is 1.30. The number of amides is 2. The highest BCUT2D eigenvalue weighted by atomic mass is 32.1. The maximum absolute atomic E-state index is 12.3. The molecule has 0 unspecified atom stereocenters. The molecule has 3 heterocycles. The Kier molecular flexibility index (Phi) is 7.47.